The minimum Gasteiger partial charge on any atom is -0.271 e. The summed E-state index contributed by atoms with van der Waals surface area (Å²) in [5, 5.41) is 3.86. The van der Waals surface area contributed by atoms with E-state index >= 15 is 0 Å². The number of anilines is 1. The molecule has 0 saturated carbocycles. The molecule has 0 fully saturated rings. The molecular weight excluding hydrogens is 453 g/mol. The molecule has 0 heterocycles. The van der Waals surface area contributed by atoms with Crippen LogP contribution in [0.5, 0.6) is 0 Å². The molecule has 1 N–H and O–H groups in total. The minimum absolute atomic E-state index is 0.0116. The Labute approximate surface area is 191 Å². The number of rotatable bonds is 7. The largest absolute Gasteiger partial charge is 0.271 e. The molecule has 6 nitrogen and oxygen atoms in total. The molecule has 0 aliphatic rings. The van der Waals surface area contributed by atoms with Crippen molar-refractivity contribution in [2.45, 2.75) is 18.7 Å². The zero-order valence-electron chi connectivity index (χ0n) is 17.4. The number of hydrogen-bond acceptors (Lipinski definition) is 4. The number of hydrogen-bond donors (Lipinski definition) is 1. The Bertz CT molecular complexity index is 1220. The van der Waals surface area contributed by atoms with Gasteiger partial charge in [0.05, 0.1) is 21.8 Å². The summed E-state index contributed by atoms with van der Waals surface area (Å²) in [5.41, 5.74) is 4.30. The van der Waals surface area contributed by atoms with Crippen molar-refractivity contribution >= 4 is 39.4 Å². The first-order chi connectivity index (χ1) is 15.2. The second-order valence-corrected chi connectivity index (χ2v) is 9.37. The summed E-state index contributed by atoms with van der Waals surface area (Å²) in [6.07, 6.45) is 1.07. The summed E-state index contributed by atoms with van der Waals surface area (Å²) in [5.74, 6) is -1.30. The number of carbonyl (C=O) groups excluding carboxylic acids is 1. The summed E-state index contributed by atoms with van der Waals surface area (Å²) in [6, 6.07) is 17.3. The van der Waals surface area contributed by atoms with Crippen LogP contribution in [0.3, 0.4) is 0 Å². The first-order valence-corrected chi connectivity index (χ1v) is 11.4. The Morgan fingerprint density at radius 2 is 1.72 bits per heavy atom. The number of nitrogens with zero attached hydrogens (tertiary/aromatic N) is 2. The quantitative estimate of drug-likeness (QED) is 0.407. The van der Waals surface area contributed by atoms with E-state index < -0.39 is 28.3 Å². The number of amides is 1. The lowest BCUT2D eigenvalue weighted by Gasteiger charge is -2.24. The zero-order valence-corrected chi connectivity index (χ0v) is 19.0. The highest BCUT2D eigenvalue weighted by Gasteiger charge is 2.27. The molecule has 32 heavy (non-hydrogen) atoms. The van der Waals surface area contributed by atoms with Gasteiger partial charge >= 0.3 is 0 Å². The lowest BCUT2D eigenvalue weighted by atomic mass is 10.1. The van der Waals surface area contributed by atoms with Crippen molar-refractivity contribution in [3.63, 3.8) is 0 Å². The molecule has 0 radical (unpaired) electrons. The van der Waals surface area contributed by atoms with E-state index in [4.69, 9.17) is 11.6 Å². The highest BCUT2D eigenvalue weighted by Crippen LogP contribution is 2.25. The van der Waals surface area contributed by atoms with Gasteiger partial charge in [0.1, 0.15) is 12.4 Å². The van der Waals surface area contributed by atoms with Crippen molar-refractivity contribution in [1.29, 1.82) is 0 Å². The minimum atomic E-state index is -4.03. The van der Waals surface area contributed by atoms with E-state index in [1.807, 2.05) is 19.9 Å². The van der Waals surface area contributed by atoms with Gasteiger partial charge in [0.25, 0.3) is 15.9 Å². The van der Waals surface area contributed by atoms with Crippen LogP contribution in [0.2, 0.25) is 5.02 Å². The molecule has 0 aromatic heterocycles. The number of sulfonamides is 1. The van der Waals surface area contributed by atoms with E-state index in [0.29, 0.717) is 5.69 Å². The van der Waals surface area contributed by atoms with Crippen LogP contribution < -0.4 is 9.73 Å². The molecule has 1 amide bonds. The smallest absolute Gasteiger partial charge is 0.264 e. The third-order valence-corrected chi connectivity index (χ3v) is 6.61. The summed E-state index contributed by atoms with van der Waals surface area (Å²) in [7, 11) is -4.03. The van der Waals surface area contributed by atoms with Crippen molar-refractivity contribution in [3.05, 3.63) is 94.3 Å². The third-order valence-electron chi connectivity index (χ3n) is 4.50. The van der Waals surface area contributed by atoms with Gasteiger partial charge in [-0.15, -0.1) is 0 Å². The van der Waals surface area contributed by atoms with Crippen LogP contribution >= 0.6 is 11.6 Å². The second-order valence-electron chi connectivity index (χ2n) is 7.10. The van der Waals surface area contributed by atoms with Gasteiger partial charge in [-0.1, -0.05) is 41.9 Å². The van der Waals surface area contributed by atoms with Gasteiger partial charge in [-0.3, -0.25) is 9.10 Å². The normalized spacial score (nSPS) is 11.5. The Balaban J connectivity index is 1.89. The molecular formula is C23H21ClFN3O3S. The van der Waals surface area contributed by atoms with Gasteiger partial charge in [-0.05, 0) is 61.4 Å². The van der Waals surface area contributed by atoms with Gasteiger partial charge in [0, 0.05) is 5.56 Å². The number of hydrazone groups is 1. The van der Waals surface area contributed by atoms with E-state index in [2.05, 4.69) is 10.5 Å². The molecule has 0 saturated heterocycles. The number of halogens is 2. The maximum absolute atomic E-state index is 13.9. The maximum Gasteiger partial charge on any atom is 0.264 e. The first-order valence-electron chi connectivity index (χ1n) is 9.60. The van der Waals surface area contributed by atoms with E-state index in [-0.39, 0.29) is 15.5 Å². The zero-order chi connectivity index (χ0) is 23.3. The number of benzene rings is 3. The third kappa shape index (κ3) is 5.52. The average molecular weight is 474 g/mol. The van der Waals surface area contributed by atoms with Gasteiger partial charge < -0.3 is 0 Å². The van der Waals surface area contributed by atoms with E-state index in [1.54, 1.807) is 30.3 Å². The van der Waals surface area contributed by atoms with Gasteiger partial charge in [0.2, 0.25) is 0 Å². The summed E-state index contributed by atoms with van der Waals surface area (Å²) < 4.78 is 41.5. The second kappa shape index (κ2) is 9.93. The van der Waals surface area contributed by atoms with Gasteiger partial charge in [0.15, 0.2) is 0 Å². The number of aryl methyl sites for hydroxylation is 2. The highest BCUT2D eigenvalue weighted by molar-refractivity contribution is 7.92. The van der Waals surface area contributed by atoms with Crippen molar-refractivity contribution in [3.8, 4) is 0 Å². The monoisotopic (exact) mass is 473 g/mol. The van der Waals surface area contributed by atoms with Crippen molar-refractivity contribution in [1.82, 2.24) is 5.43 Å². The van der Waals surface area contributed by atoms with E-state index in [1.165, 1.54) is 30.3 Å². The van der Waals surface area contributed by atoms with E-state index in [9.17, 15) is 17.6 Å². The first kappa shape index (κ1) is 23.4. The molecule has 0 bridgehead atoms. The van der Waals surface area contributed by atoms with Crippen LogP contribution in [-0.4, -0.2) is 27.1 Å². The van der Waals surface area contributed by atoms with Crippen LogP contribution in [-0.2, 0) is 14.8 Å². The van der Waals surface area contributed by atoms with Crippen LogP contribution in [0.1, 0.15) is 16.7 Å². The van der Waals surface area contributed by atoms with Crippen LogP contribution in [0.4, 0.5) is 10.1 Å². The Hall–Kier alpha value is -3.23. The fraction of sp³-hybridized carbons (Fsp3) is 0.130. The van der Waals surface area contributed by atoms with Crippen LogP contribution in [0, 0.1) is 19.7 Å². The SMILES string of the molecule is Cc1cc(C)cc(N(CC(=O)N/N=C/c2c(F)cccc2Cl)S(=O)(=O)c2ccccc2)c1. The average Bonchev–Trinajstić information content (AvgIpc) is 2.74. The Morgan fingerprint density at radius 3 is 2.34 bits per heavy atom. The van der Waals surface area contributed by atoms with Gasteiger partial charge in [-0.2, -0.15) is 5.10 Å². The summed E-state index contributed by atoms with van der Waals surface area (Å²) in [4.78, 5) is 12.6. The molecule has 9 heteroatoms. The molecule has 3 aromatic rings. The Morgan fingerprint density at radius 1 is 1.06 bits per heavy atom. The maximum atomic E-state index is 13.9. The summed E-state index contributed by atoms with van der Waals surface area (Å²) >= 11 is 5.93. The molecule has 3 aromatic carbocycles. The molecule has 0 unspecified atom stereocenters. The molecule has 0 aliphatic heterocycles. The van der Waals surface area contributed by atoms with Crippen molar-refractivity contribution in [2.24, 2.45) is 5.10 Å². The standard InChI is InChI=1S/C23H21ClFN3O3S/c1-16-11-17(2)13-18(12-16)28(32(30,31)19-7-4-3-5-8-19)15-23(29)27-26-14-20-21(24)9-6-10-22(20)25/h3-14H,15H2,1-2H3,(H,27,29)/b26-14+. The molecule has 3 rings (SSSR count). The molecule has 0 atom stereocenters. The van der Waals surface area contributed by atoms with Gasteiger partial charge in [-0.25, -0.2) is 18.2 Å². The van der Waals surface area contributed by atoms with Crippen molar-refractivity contribution < 1.29 is 17.6 Å². The Kier molecular flexibility index (Phi) is 7.27. The predicted molar refractivity (Wildman–Crippen MR) is 124 cm³/mol. The highest BCUT2D eigenvalue weighted by atomic mass is 35.5. The van der Waals surface area contributed by atoms with Crippen LogP contribution in [0.25, 0.3) is 0 Å². The number of carbonyl (C=O) groups is 1. The lowest BCUT2D eigenvalue weighted by Crippen LogP contribution is -2.39. The lowest BCUT2D eigenvalue weighted by molar-refractivity contribution is -0.119. The molecule has 166 valence electrons. The molecule has 0 aliphatic carbocycles. The topological polar surface area (TPSA) is 78.8 Å². The fourth-order valence-corrected chi connectivity index (χ4v) is 4.74. The summed E-state index contributed by atoms with van der Waals surface area (Å²) in [6.45, 7) is 3.15. The predicted octanol–water partition coefficient (Wildman–Crippen LogP) is 4.44. The molecule has 0 spiro atoms. The number of nitrogens with one attached hydrogen (secondary N) is 1. The fourth-order valence-electron chi connectivity index (χ4n) is 3.10. The van der Waals surface area contributed by atoms with Crippen molar-refractivity contribution in [2.75, 3.05) is 10.8 Å². The van der Waals surface area contributed by atoms with E-state index in [0.717, 1.165) is 21.6 Å². The van der Waals surface area contributed by atoms with Crippen LogP contribution in [0.15, 0.2) is 76.7 Å².